The van der Waals surface area contributed by atoms with Crippen molar-refractivity contribution < 1.29 is 0 Å². The van der Waals surface area contributed by atoms with E-state index in [-0.39, 0.29) is 0 Å². The molecule has 0 spiro atoms. The Balaban J connectivity index is 1.36. The van der Waals surface area contributed by atoms with Gasteiger partial charge in [-0.25, -0.2) is 0 Å². The molecule has 0 aromatic heterocycles. The highest BCUT2D eigenvalue weighted by Crippen LogP contribution is 2.30. The molecule has 3 aliphatic heterocycles. The van der Waals surface area contributed by atoms with Gasteiger partial charge in [-0.05, 0) is 102 Å². The van der Waals surface area contributed by atoms with Crippen molar-refractivity contribution >= 4 is 0 Å². The van der Waals surface area contributed by atoms with E-state index in [9.17, 15) is 0 Å². The fourth-order valence-electron chi connectivity index (χ4n) is 5.53. The molecule has 0 aromatic carbocycles. The van der Waals surface area contributed by atoms with Crippen LogP contribution in [0, 0.1) is 23.7 Å². The highest BCUT2D eigenvalue weighted by molar-refractivity contribution is 4.82. The Kier molecular flexibility index (Phi) is 7.00. The van der Waals surface area contributed by atoms with Crippen molar-refractivity contribution in [3.8, 4) is 0 Å². The monoisotopic (exact) mass is 335 g/mol. The minimum Gasteiger partial charge on any atom is -0.306 e. The van der Waals surface area contributed by atoms with Crippen LogP contribution in [0.25, 0.3) is 0 Å². The summed E-state index contributed by atoms with van der Waals surface area (Å²) in [5.41, 5.74) is 0. The Morgan fingerprint density at radius 3 is 2.04 bits per heavy atom. The molecule has 0 amide bonds. The summed E-state index contributed by atoms with van der Waals surface area (Å²) in [6.45, 7) is 15.4. The average molecular weight is 336 g/mol. The smallest absolute Gasteiger partial charge is 0.00220 e. The third-order valence-corrected chi connectivity index (χ3v) is 7.00. The third-order valence-electron chi connectivity index (χ3n) is 7.00. The lowest BCUT2D eigenvalue weighted by Gasteiger charge is -2.40. The van der Waals surface area contributed by atoms with E-state index in [4.69, 9.17) is 0 Å². The zero-order valence-electron chi connectivity index (χ0n) is 16.6. The van der Waals surface area contributed by atoms with E-state index in [1.165, 1.54) is 90.9 Å². The summed E-state index contributed by atoms with van der Waals surface area (Å²) in [5, 5.41) is 0. The van der Waals surface area contributed by atoms with Gasteiger partial charge in [0.1, 0.15) is 0 Å². The van der Waals surface area contributed by atoms with Gasteiger partial charge in [0.2, 0.25) is 0 Å². The van der Waals surface area contributed by atoms with E-state index < -0.39 is 0 Å². The standard InChI is InChI=1S/C21H41N3/c1-4-23-15-18(2)13-21(16-23)17-24-11-7-20(8-12-24)14-19-5-9-22(3)10-6-19/h18-21H,4-17H2,1-3H3. The molecule has 3 heterocycles. The van der Waals surface area contributed by atoms with Gasteiger partial charge in [-0.3, -0.25) is 0 Å². The molecule has 3 rings (SSSR count). The molecule has 0 saturated carbocycles. The third kappa shape index (κ3) is 5.44. The second-order valence-corrected chi connectivity index (χ2v) is 9.29. The molecule has 0 aromatic rings. The molecule has 0 aliphatic carbocycles. The van der Waals surface area contributed by atoms with Crippen molar-refractivity contribution in [2.75, 3.05) is 59.4 Å². The molecular formula is C21H41N3. The normalized spacial score (nSPS) is 33.1. The number of nitrogens with zero attached hydrogens (tertiary/aromatic N) is 3. The molecule has 140 valence electrons. The number of piperidine rings is 3. The summed E-state index contributed by atoms with van der Waals surface area (Å²) in [6.07, 6.45) is 8.79. The molecule has 3 heteroatoms. The second kappa shape index (κ2) is 9.00. The fraction of sp³-hybridized carbons (Fsp3) is 1.00. The quantitative estimate of drug-likeness (QED) is 0.762. The molecule has 3 aliphatic rings. The van der Waals surface area contributed by atoms with Crippen molar-refractivity contribution in [1.82, 2.24) is 14.7 Å². The van der Waals surface area contributed by atoms with E-state index >= 15 is 0 Å². The zero-order valence-corrected chi connectivity index (χ0v) is 16.6. The van der Waals surface area contributed by atoms with Crippen molar-refractivity contribution in [3.63, 3.8) is 0 Å². The van der Waals surface area contributed by atoms with Gasteiger partial charge >= 0.3 is 0 Å². The Morgan fingerprint density at radius 1 is 0.792 bits per heavy atom. The molecule has 0 N–H and O–H groups in total. The lowest BCUT2D eigenvalue weighted by molar-refractivity contribution is 0.0837. The number of hydrogen-bond acceptors (Lipinski definition) is 3. The summed E-state index contributed by atoms with van der Waals surface area (Å²) in [7, 11) is 2.28. The van der Waals surface area contributed by atoms with E-state index in [1.54, 1.807) is 0 Å². The number of likely N-dealkylation sites (tertiary alicyclic amines) is 3. The largest absolute Gasteiger partial charge is 0.306 e. The summed E-state index contributed by atoms with van der Waals surface area (Å²) in [6, 6.07) is 0. The SMILES string of the molecule is CCN1CC(C)CC(CN2CCC(CC3CCN(C)CC3)CC2)C1. The van der Waals surface area contributed by atoms with Crippen LogP contribution in [0.4, 0.5) is 0 Å². The second-order valence-electron chi connectivity index (χ2n) is 9.29. The van der Waals surface area contributed by atoms with E-state index in [2.05, 4.69) is 35.6 Å². The van der Waals surface area contributed by atoms with Crippen LogP contribution in [-0.2, 0) is 0 Å². The number of rotatable bonds is 5. The molecule has 2 atom stereocenters. The van der Waals surface area contributed by atoms with Gasteiger partial charge in [0.05, 0.1) is 0 Å². The lowest BCUT2D eigenvalue weighted by Crippen LogP contribution is -2.45. The highest BCUT2D eigenvalue weighted by atomic mass is 15.2. The van der Waals surface area contributed by atoms with Crippen molar-refractivity contribution in [2.45, 2.75) is 52.4 Å². The maximum Gasteiger partial charge on any atom is 0.00220 e. The minimum absolute atomic E-state index is 0.894. The Bertz CT molecular complexity index is 356. The average Bonchev–Trinajstić information content (AvgIpc) is 2.58. The number of hydrogen-bond donors (Lipinski definition) is 0. The van der Waals surface area contributed by atoms with Gasteiger partial charge in [-0.15, -0.1) is 0 Å². The van der Waals surface area contributed by atoms with Crippen molar-refractivity contribution in [3.05, 3.63) is 0 Å². The van der Waals surface area contributed by atoms with E-state index in [0.717, 1.165) is 23.7 Å². The van der Waals surface area contributed by atoms with Gasteiger partial charge in [0.15, 0.2) is 0 Å². The molecule has 3 nitrogen and oxygen atoms in total. The maximum absolute atomic E-state index is 2.79. The highest BCUT2D eigenvalue weighted by Gasteiger charge is 2.28. The van der Waals surface area contributed by atoms with Crippen LogP contribution >= 0.6 is 0 Å². The summed E-state index contributed by atoms with van der Waals surface area (Å²) < 4.78 is 0. The summed E-state index contributed by atoms with van der Waals surface area (Å²) in [5.74, 6) is 3.85. The van der Waals surface area contributed by atoms with Crippen molar-refractivity contribution in [2.24, 2.45) is 23.7 Å². The lowest BCUT2D eigenvalue weighted by atomic mass is 9.82. The molecule has 0 radical (unpaired) electrons. The molecule has 0 bridgehead atoms. The Morgan fingerprint density at radius 2 is 1.42 bits per heavy atom. The van der Waals surface area contributed by atoms with Gasteiger partial charge in [-0.2, -0.15) is 0 Å². The maximum atomic E-state index is 2.79. The van der Waals surface area contributed by atoms with Crippen LogP contribution in [0.2, 0.25) is 0 Å². The molecule has 24 heavy (non-hydrogen) atoms. The van der Waals surface area contributed by atoms with Crippen LogP contribution in [0.1, 0.15) is 52.4 Å². The molecule has 3 fully saturated rings. The van der Waals surface area contributed by atoms with Crippen LogP contribution < -0.4 is 0 Å². The van der Waals surface area contributed by atoms with Gasteiger partial charge < -0.3 is 14.7 Å². The van der Waals surface area contributed by atoms with Gasteiger partial charge in [0, 0.05) is 19.6 Å². The topological polar surface area (TPSA) is 9.72 Å². The summed E-state index contributed by atoms with van der Waals surface area (Å²) in [4.78, 5) is 7.97. The molecule has 2 unspecified atom stereocenters. The predicted molar refractivity (Wildman–Crippen MR) is 103 cm³/mol. The Hall–Kier alpha value is -0.120. The molecular weight excluding hydrogens is 294 g/mol. The Labute approximate surface area is 150 Å². The predicted octanol–water partition coefficient (Wildman–Crippen LogP) is 3.41. The zero-order chi connectivity index (χ0) is 16.9. The first kappa shape index (κ1) is 18.7. The van der Waals surface area contributed by atoms with Crippen LogP contribution in [0.3, 0.4) is 0 Å². The first-order valence-electron chi connectivity index (χ1n) is 10.8. The van der Waals surface area contributed by atoms with E-state index in [1.807, 2.05) is 0 Å². The first-order chi connectivity index (χ1) is 11.6. The summed E-state index contributed by atoms with van der Waals surface area (Å²) >= 11 is 0. The van der Waals surface area contributed by atoms with Gasteiger partial charge in [-0.1, -0.05) is 13.8 Å². The fourth-order valence-corrected chi connectivity index (χ4v) is 5.53. The van der Waals surface area contributed by atoms with Gasteiger partial charge in [0.25, 0.3) is 0 Å². The van der Waals surface area contributed by atoms with Crippen molar-refractivity contribution in [1.29, 1.82) is 0 Å². The van der Waals surface area contributed by atoms with E-state index in [0.29, 0.717) is 0 Å². The minimum atomic E-state index is 0.894. The van der Waals surface area contributed by atoms with Crippen LogP contribution in [-0.4, -0.2) is 74.1 Å². The first-order valence-corrected chi connectivity index (χ1v) is 10.8. The van der Waals surface area contributed by atoms with Crippen LogP contribution in [0.5, 0.6) is 0 Å². The van der Waals surface area contributed by atoms with Crippen LogP contribution in [0.15, 0.2) is 0 Å². The molecule has 3 saturated heterocycles.